The van der Waals surface area contributed by atoms with Gasteiger partial charge >= 0.3 is 0 Å². The summed E-state index contributed by atoms with van der Waals surface area (Å²) in [7, 11) is 0. The number of nitrogens with zero attached hydrogens (tertiary/aromatic N) is 2. The van der Waals surface area contributed by atoms with Gasteiger partial charge in [0.25, 0.3) is 0 Å². The number of anilines is 1. The summed E-state index contributed by atoms with van der Waals surface area (Å²) in [4.78, 5) is 8.06. The van der Waals surface area contributed by atoms with Gasteiger partial charge in [-0.25, -0.2) is 14.4 Å². The lowest BCUT2D eigenvalue weighted by Crippen LogP contribution is -2.26. The molecule has 0 bridgehead atoms. The van der Waals surface area contributed by atoms with Crippen LogP contribution in [0.2, 0.25) is 5.02 Å². The van der Waals surface area contributed by atoms with E-state index in [-0.39, 0.29) is 11.9 Å². The van der Waals surface area contributed by atoms with Crippen molar-refractivity contribution >= 4 is 17.4 Å². The van der Waals surface area contributed by atoms with Crippen molar-refractivity contribution in [3.8, 4) is 0 Å². The van der Waals surface area contributed by atoms with Crippen molar-refractivity contribution in [1.29, 1.82) is 0 Å². The third-order valence-electron chi connectivity index (χ3n) is 3.81. The molecule has 2 aromatic rings. The second-order valence-electron chi connectivity index (χ2n) is 5.08. The summed E-state index contributed by atoms with van der Waals surface area (Å²) >= 11 is 6.10. The monoisotopic (exact) mass is 291 g/mol. The maximum absolute atomic E-state index is 13.1. The lowest BCUT2D eigenvalue weighted by molar-refractivity contribution is 0.276. The molecule has 0 aliphatic heterocycles. The third kappa shape index (κ3) is 2.75. The highest BCUT2D eigenvalue weighted by Gasteiger charge is 2.29. The molecule has 3 nitrogen and oxygen atoms in total. The Balaban J connectivity index is 1.87. The molecule has 1 aliphatic rings. The van der Waals surface area contributed by atoms with Gasteiger partial charge in [-0.1, -0.05) is 30.2 Å². The predicted molar refractivity (Wildman–Crippen MR) is 77.1 cm³/mol. The molecule has 1 saturated carbocycles. The van der Waals surface area contributed by atoms with Crippen LogP contribution in [0, 0.1) is 11.7 Å². The van der Waals surface area contributed by atoms with Crippen molar-refractivity contribution in [1.82, 2.24) is 9.97 Å². The molecule has 20 heavy (non-hydrogen) atoms. The van der Waals surface area contributed by atoms with E-state index in [0.717, 1.165) is 18.4 Å². The summed E-state index contributed by atoms with van der Waals surface area (Å²) in [6, 6.07) is 6.73. The lowest BCUT2D eigenvalue weighted by Gasteiger charge is -2.35. The van der Waals surface area contributed by atoms with E-state index < -0.39 is 0 Å². The first-order valence-corrected chi connectivity index (χ1v) is 7.09. The zero-order chi connectivity index (χ0) is 13.9. The van der Waals surface area contributed by atoms with Crippen LogP contribution in [-0.4, -0.2) is 9.97 Å². The number of nitrogens with one attached hydrogen (secondary N) is 1. The van der Waals surface area contributed by atoms with Crippen LogP contribution in [0.5, 0.6) is 0 Å². The minimum atomic E-state index is -0.221. The molecule has 0 spiro atoms. The van der Waals surface area contributed by atoms with E-state index in [1.165, 1.54) is 24.9 Å². The highest BCUT2D eigenvalue weighted by Crippen LogP contribution is 2.40. The SMILES string of the molecule is Fc1ccc(C(Nc2ncncc2Cl)C2CCC2)cc1. The standard InChI is InChI=1S/C15H15ClFN3/c16-13-8-18-9-19-15(13)20-14(10-2-1-3-10)11-4-6-12(17)7-5-11/h4-10,14H,1-3H2,(H,18,19,20). The highest BCUT2D eigenvalue weighted by molar-refractivity contribution is 6.32. The highest BCUT2D eigenvalue weighted by atomic mass is 35.5. The molecule has 1 aromatic carbocycles. The number of benzene rings is 1. The van der Waals surface area contributed by atoms with Crippen molar-refractivity contribution in [3.63, 3.8) is 0 Å². The smallest absolute Gasteiger partial charge is 0.148 e. The van der Waals surface area contributed by atoms with Gasteiger partial charge in [-0.05, 0) is 36.5 Å². The van der Waals surface area contributed by atoms with Crippen molar-refractivity contribution in [2.24, 2.45) is 5.92 Å². The number of hydrogen-bond acceptors (Lipinski definition) is 3. The first-order valence-electron chi connectivity index (χ1n) is 6.71. The molecule has 3 rings (SSSR count). The second kappa shape index (κ2) is 5.75. The second-order valence-corrected chi connectivity index (χ2v) is 5.49. The van der Waals surface area contributed by atoms with E-state index in [4.69, 9.17) is 11.6 Å². The van der Waals surface area contributed by atoms with E-state index in [0.29, 0.717) is 16.8 Å². The molecule has 1 atom stereocenters. The molecule has 0 amide bonds. The van der Waals surface area contributed by atoms with Crippen molar-refractivity contribution in [2.75, 3.05) is 5.32 Å². The summed E-state index contributed by atoms with van der Waals surface area (Å²) in [5.74, 6) is 0.940. The Morgan fingerprint density at radius 2 is 2.00 bits per heavy atom. The normalized spacial score (nSPS) is 16.5. The Bertz CT molecular complexity index is 584. The first kappa shape index (κ1) is 13.3. The van der Waals surface area contributed by atoms with Gasteiger partial charge in [0.15, 0.2) is 0 Å². The molecule has 5 heteroatoms. The van der Waals surface area contributed by atoms with E-state index in [1.807, 2.05) is 12.1 Å². The van der Waals surface area contributed by atoms with E-state index in [2.05, 4.69) is 15.3 Å². The molecule has 1 unspecified atom stereocenters. The number of halogens is 2. The summed E-state index contributed by atoms with van der Waals surface area (Å²) in [6.45, 7) is 0. The van der Waals surface area contributed by atoms with Crippen LogP contribution in [-0.2, 0) is 0 Å². The largest absolute Gasteiger partial charge is 0.362 e. The van der Waals surface area contributed by atoms with E-state index >= 15 is 0 Å². The predicted octanol–water partition coefficient (Wildman–Crippen LogP) is 4.22. The van der Waals surface area contributed by atoms with Gasteiger partial charge in [0.2, 0.25) is 0 Å². The molecule has 0 saturated heterocycles. The minimum Gasteiger partial charge on any atom is -0.362 e. The van der Waals surface area contributed by atoms with Crippen LogP contribution in [0.15, 0.2) is 36.8 Å². The van der Waals surface area contributed by atoms with Crippen molar-refractivity contribution in [3.05, 3.63) is 53.2 Å². The summed E-state index contributed by atoms with van der Waals surface area (Å²) in [6.07, 6.45) is 6.60. The Morgan fingerprint density at radius 1 is 1.25 bits per heavy atom. The summed E-state index contributed by atoms with van der Waals surface area (Å²) < 4.78 is 13.1. The van der Waals surface area contributed by atoms with E-state index in [1.54, 1.807) is 6.20 Å². The minimum absolute atomic E-state index is 0.108. The molecule has 1 aliphatic carbocycles. The van der Waals surface area contributed by atoms with Crippen LogP contribution in [0.3, 0.4) is 0 Å². The molecule has 1 heterocycles. The van der Waals surface area contributed by atoms with Gasteiger partial charge < -0.3 is 5.32 Å². The topological polar surface area (TPSA) is 37.8 Å². The lowest BCUT2D eigenvalue weighted by atomic mass is 9.77. The zero-order valence-corrected chi connectivity index (χ0v) is 11.6. The molecule has 1 aromatic heterocycles. The average Bonchev–Trinajstić information content (AvgIpc) is 2.39. The van der Waals surface area contributed by atoms with Crippen LogP contribution < -0.4 is 5.32 Å². The fourth-order valence-electron chi connectivity index (χ4n) is 2.48. The maximum atomic E-state index is 13.1. The van der Waals surface area contributed by atoms with Crippen LogP contribution >= 0.6 is 11.6 Å². The van der Waals surface area contributed by atoms with Crippen LogP contribution in [0.25, 0.3) is 0 Å². The van der Waals surface area contributed by atoms with Crippen LogP contribution in [0.4, 0.5) is 10.2 Å². The molecule has 0 radical (unpaired) electrons. The van der Waals surface area contributed by atoms with E-state index in [9.17, 15) is 4.39 Å². The van der Waals surface area contributed by atoms with Gasteiger partial charge in [-0.15, -0.1) is 0 Å². The number of aromatic nitrogens is 2. The molecule has 1 fully saturated rings. The average molecular weight is 292 g/mol. The summed E-state index contributed by atoms with van der Waals surface area (Å²) in [5.41, 5.74) is 1.06. The molecule has 1 N–H and O–H groups in total. The Labute approximate surface area is 122 Å². The zero-order valence-electron chi connectivity index (χ0n) is 10.9. The first-order chi connectivity index (χ1) is 9.74. The maximum Gasteiger partial charge on any atom is 0.148 e. The van der Waals surface area contributed by atoms with Gasteiger partial charge in [0.1, 0.15) is 23.0 Å². The number of hydrogen-bond donors (Lipinski definition) is 1. The quantitative estimate of drug-likeness (QED) is 0.916. The summed E-state index contributed by atoms with van der Waals surface area (Å²) in [5, 5.41) is 3.88. The molecular weight excluding hydrogens is 277 g/mol. The van der Waals surface area contributed by atoms with Crippen LogP contribution in [0.1, 0.15) is 30.9 Å². The van der Waals surface area contributed by atoms with Crippen molar-refractivity contribution in [2.45, 2.75) is 25.3 Å². The van der Waals surface area contributed by atoms with Crippen molar-refractivity contribution < 1.29 is 4.39 Å². The number of rotatable bonds is 4. The Morgan fingerprint density at radius 3 is 2.60 bits per heavy atom. The molecule has 104 valence electrons. The van der Waals surface area contributed by atoms with Gasteiger partial charge in [0, 0.05) is 0 Å². The third-order valence-corrected chi connectivity index (χ3v) is 4.09. The Hall–Kier alpha value is -1.68. The fraction of sp³-hybridized carbons (Fsp3) is 0.333. The van der Waals surface area contributed by atoms with Gasteiger partial charge in [-0.3, -0.25) is 0 Å². The van der Waals surface area contributed by atoms with Gasteiger partial charge in [0.05, 0.1) is 12.2 Å². The fourth-order valence-corrected chi connectivity index (χ4v) is 2.64. The Kier molecular flexibility index (Phi) is 3.83. The van der Waals surface area contributed by atoms with Gasteiger partial charge in [-0.2, -0.15) is 0 Å². The molecular formula is C15H15ClFN3.